The Bertz CT molecular complexity index is 601. The lowest BCUT2D eigenvalue weighted by molar-refractivity contribution is 0.0955. The molecule has 0 atom stereocenters. The predicted molar refractivity (Wildman–Crippen MR) is 87.7 cm³/mol. The number of carbonyl (C=O) groups is 1. The second-order valence-corrected chi connectivity index (χ2v) is 5.61. The molecule has 7 heteroatoms. The standard InChI is InChI=1S/C15H20N4O2S/c1-3-17-15-19-11(2)13(22-15)14(20)18-8-5-9-21-12-6-4-7-16-10-12/h4,6-7,10H,3,5,8-9H2,1-2H3,(H,17,19)(H,18,20). The normalized spacial score (nSPS) is 10.3. The van der Waals surface area contributed by atoms with Gasteiger partial charge in [0.05, 0.1) is 18.5 Å². The Morgan fingerprint density at radius 3 is 3.05 bits per heavy atom. The molecule has 2 aromatic rings. The van der Waals surface area contributed by atoms with Crippen LogP contribution in [0.5, 0.6) is 5.75 Å². The summed E-state index contributed by atoms with van der Waals surface area (Å²) in [5, 5.41) is 6.79. The first-order valence-corrected chi connectivity index (χ1v) is 8.04. The summed E-state index contributed by atoms with van der Waals surface area (Å²) in [7, 11) is 0. The van der Waals surface area contributed by atoms with Gasteiger partial charge in [-0.05, 0) is 32.4 Å². The van der Waals surface area contributed by atoms with E-state index in [-0.39, 0.29) is 5.91 Å². The summed E-state index contributed by atoms with van der Waals surface area (Å²) >= 11 is 1.38. The van der Waals surface area contributed by atoms with Crippen molar-refractivity contribution in [3.8, 4) is 5.75 Å². The fraction of sp³-hybridized carbons (Fsp3) is 0.400. The van der Waals surface area contributed by atoms with Crippen LogP contribution in [0.15, 0.2) is 24.5 Å². The zero-order chi connectivity index (χ0) is 15.8. The van der Waals surface area contributed by atoms with Crippen LogP contribution in [0, 0.1) is 6.92 Å². The van der Waals surface area contributed by atoms with Crippen LogP contribution < -0.4 is 15.4 Å². The van der Waals surface area contributed by atoms with Crippen molar-refractivity contribution >= 4 is 22.4 Å². The Balaban J connectivity index is 1.71. The number of anilines is 1. The van der Waals surface area contributed by atoms with E-state index in [0.717, 1.165) is 29.5 Å². The Morgan fingerprint density at radius 1 is 1.45 bits per heavy atom. The van der Waals surface area contributed by atoms with Crippen molar-refractivity contribution in [2.24, 2.45) is 0 Å². The van der Waals surface area contributed by atoms with Gasteiger partial charge in [0.2, 0.25) is 0 Å². The van der Waals surface area contributed by atoms with Crippen molar-refractivity contribution in [2.75, 3.05) is 25.0 Å². The van der Waals surface area contributed by atoms with Crippen molar-refractivity contribution in [1.29, 1.82) is 0 Å². The lowest BCUT2D eigenvalue weighted by Gasteiger charge is -2.06. The van der Waals surface area contributed by atoms with E-state index in [1.165, 1.54) is 11.3 Å². The van der Waals surface area contributed by atoms with Crippen LogP contribution in [0.4, 0.5) is 5.13 Å². The molecule has 0 saturated heterocycles. The Morgan fingerprint density at radius 2 is 2.32 bits per heavy atom. The molecular formula is C15H20N4O2S. The van der Waals surface area contributed by atoms with E-state index in [2.05, 4.69) is 20.6 Å². The van der Waals surface area contributed by atoms with Crippen LogP contribution in [0.25, 0.3) is 0 Å². The van der Waals surface area contributed by atoms with Crippen LogP contribution in [-0.4, -0.2) is 35.6 Å². The van der Waals surface area contributed by atoms with Crippen molar-refractivity contribution in [3.63, 3.8) is 0 Å². The molecule has 0 aliphatic carbocycles. The van der Waals surface area contributed by atoms with Gasteiger partial charge < -0.3 is 15.4 Å². The first-order chi connectivity index (χ1) is 10.7. The van der Waals surface area contributed by atoms with E-state index < -0.39 is 0 Å². The van der Waals surface area contributed by atoms with Gasteiger partial charge in [-0.3, -0.25) is 9.78 Å². The highest BCUT2D eigenvalue weighted by atomic mass is 32.1. The number of carbonyl (C=O) groups excluding carboxylic acids is 1. The number of thiazole rings is 1. The molecule has 2 N–H and O–H groups in total. The summed E-state index contributed by atoms with van der Waals surface area (Å²) in [5.74, 6) is 0.656. The maximum atomic E-state index is 12.1. The number of nitrogens with zero attached hydrogens (tertiary/aromatic N) is 2. The van der Waals surface area contributed by atoms with Gasteiger partial charge in [-0.1, -0.05) is 11.3 Å². The SMILES string of the molecule is CCNc1nc(C)c(C(=O)NCCCOc2cccnc2)s1. The Hall–Kier alpha value is -2.15. The number of hydrogen-bond donors (Lipinski definition) is 2. The molecule has 22 heavy (non-hydrogen) atoms. The predicted octanol–water partition coefficient (Wildman–Crippen LogP) is 2.48. The minimum absolute atomic E-state index is 0.0828. The highest BCUT2D eigenvalue weighted by Gasteiger charge is 2.14. The van der Waals surface area contributed by atoms with Gasteiger partial charge >= 0.3 is 0 Å². The highest BCUT2D eigenvalue weighted by Crippen LogP contribution is 2.22. The van der Waals surface area contributed by atoms with Crippen molar-refractivity contribution in [2.45, 2.75) is 20.3 Å². The third kappa shape index (κ3) is 4.70. The summed E-state index contributed by atoms with van der Waals surface area (Å²) in [6.45, 7) is 5.74. The molecule has 0 aliphatic rings. The minimum Gasteiger partial charge on any atom is -0.492 e. The zero-order valence-corrected chi connectivity index (χ0v) is 13.6. The monoisotopic (exact) mass is 320 g/mol. The number of aromatic nitrogens is 2. The highest BCUT2D eigenvalue weighted by molar-refractivity contribution is 7.17. The number of amides is 1. The van der Waals surface area contributed by atoms with Gasteiger partial charge in [-0.15, -0.1) is 0 Å². The van der Waals surface area contributed by atoms with E-state index >= 15 is 0 Å². The third-order valence-electron chi connectivity index (χ3n) is 2.84. The molecule has 2 aromatic heterocycles. The molecule has 0 aromatic carbocycles. The lowest BCUT2D eigenvalue weighted by Crippen LogP contribution is -2.25. The molecular weight excluding hydrogens is 300 g/mol. The fourth-order valence-electron chi connectivity index (χ4n) is 1.81. The summed E-state index contributed by atoms with van der Waals surface area (Å²) in [6, 6.07) is 3.68. The first-order valence-electron chi connectivity index (χ1n) is 7.23. The number of nitrogens with one attached hydrogen (secondary N) is 2. The van der Waals surface area contributed by atoms with E-state index in [9.17, 15) is 4.79 Å². The molecule has 0 bridgehead atoms. The number of rotatable bonds is 8. The largest absolute Gasteiger partial charge is 0.492 e. The maximum Gasteiger partial charge on any atom is 0.263 e. The van der Waals surface area contributed by atoms with Gasteiger partial charge in [-0.2, -0.15) is 0 Å². The summed E-state index contributed by atoms with van der Waals surface area (Å²) < 4.78 is 5.52. The summed E-state index contributed by atoms with van der Waals surface area (Å²) in [4.78, 5) is 21.0. The minimum atomic E-state index is -0.0828. The fourth-order valence-corrected chi connectivity index (χ4v) is 2.76. The lowest BCUT2D eigenvalue weighted by atomic mass is 10.3. The van der Waals surface area contributed by atoms with Gasteiger partial charge in [-0.25, -0.2) is 4.98 Å². The molecule has 0 spiro atoms. The molecule has 6 nitrogen and oxygen atoms in total. The number of aryl methyl sites for hydroxylation is 1. The molecule has 0 fully saturated rings. The van der Waals surface area contributed by atoms with Gasteiger partial charge in [0, 0.05) is 19.3 Å². The molecule has 2 rings (SSSR count). The van der Waals surface area contributed by atoms with Crippen molar-refractivity contribution < 1.29 is 9.53 Å². The maximum absolute atomic E-state index is 12.1. The second-order valence-electron chi connectivity index (χ2n) is 4.61. The van der Waals surface area contributed by atoms with Crippen LogP contribution in [0.2, 0.25) is 0 Å². The zero-order valence-electron chi connectivity index (χ0n) is 12.8. The molecule has 2 heterocycles. The molecule has 1 amide bonds. The molecule has 0 aliphatic heterocycles. The van der Waals surface area contributed by atoms with E-state index in [1.54, 1.807) is 12.4 Å². The average Bonchev–Trinajstić information content (AvgIpc) is 2.89. The second kappa shape index (κ2) is 8.33. The number of ether oxygens (including phenoxy) is 1. The average molecular weight is 320 g/mol. The summed E-state index contributed by atoms with van der Waals surface area (Å²) in [6.07, 6.45) is 4.10. The smallest absolute Gasteiger partial charge is 0.263 e. The van der Waals surface area contributed by atoms with Crippen molar-refractivity contribution in [3.05, 3.63) is 35.1 Å². The van der Waals surface area contributed by atoms with Crippen LogP contribution >= 0.6 is 11.3 Å². The number of hydrogen-bond acceptors (Lipinski definition) is 6. The van der Waals surface area contributed by atoms with E-state index in [1.807, 2.05) is 26.0 Å². The first kappa shape index (κ1) is 16.2. The quantitative estimate of drug-likeness (QED) is 0.731. The van der Waals surface area contributed by atoms with Crippen LogP contribution in [-0.2, 0) is 0 Å². The van der Waals surface area contributed by atoms with Crippen LogP contribution in [0.1, 0.15) is 28.7 Å². The van der Waals surface area contributed by atoms with E-state index in [0.29, 0.717) is 18.0 Å². The van der Waals surface area contributed by atoms with Crippen molar-refractivity contribution in [1.82, 2.24) is 15.3 Å². The van der Waals surface area contributed by atoms with E-state index in [4.69, 9.17) is 4.74 Å². The Kier molecular flexibility index (Phi) is 6.14. The third-order valence-corrected chi connectivity index (χ3v) is 3.95. The van der Waals surface area contributed by atoms with Crippen LogP contribution in [0.3, 0.4) is 0 Å². The molecule has 118 valence electrons. The topological polar surface area (TPSA) is 76.1 Å². The summed E-state index contributed by atoms with van der Waals surface area (Å²) in [5.41, 5.74) is 0.755. The molecule has 0 radical (unpaired) electrons. The Labute approximate surface area is 133 Å². The van der Waals surface area contributed by atoms with Gasteiger partial charge in [0.1, 0.15) is 10.6 Å². The molecule has 0 unspecified atom stereocenters. The number of pyridine rings is 1. The van der Waals surface area contributed by atoms with Gasteiger partial charge in [0.25, 0.3) is 5.91 Å². The van der Waals surface area contributed by atoms with Gasteiger partial charge in [0.15, 0.2) is 5.13 Å². The molecule has 0 saturated carbocycles.